The largest absolute Gasteiger partial charge is 0.380 e. The molecule has 0 unspecified atom stereocenters. The molecule has 1 fully saturated rings. The van der Waals surface area contributed by atoms with Crippen LogP contribution in [0.5, 0.6) is 0 Å². The summed E-state index contributed by atoms with van der Waals surface area (Å²) in [6.07, 6.45) is 1.91. The normalized spacial score (nSPS) is 19.3. The Bertz CT molecular complexity index is 600. The van der Waals surface area contributed by atoms with Crippen LogP contribution < -0.4 is 10.5 Å². The Morgan fingerprint density at radius 2 is 2.05 bits per heavy atom. The van der Waals surface area contributed by atoms with E-state index >= 15 is 0 Å². The van der Waals surface area contributed by atoms with E-state index < -0.39 is 10.0 Å². The fourth-order valence-electron chi connectivity index (χ4n) is 2.25. The minimum Gasteiger partial charge on any atom is -0.380 e. The molecule has 2 rings (SSSR count). The lowest BCUT2D eigenvalue weighted by molar-refractivity contribution is 0.0458. The molecule has 1 atom stereocenters. The number of rotatable bonds is 3. The predicted octanol–water partition coefficient (Wildman–Crippen LogP) is 0.977. The van der Waals surface area contributed by atoms with E-state index in [0.29, 0.717) is 18.8 Å². The van der Waals surface area contributed by atoms with Crippen molar-refractivity contribution in [3.63, 3.8) is 0 Å². The third-order valence-electron chi connectivity index (χ3n) is 3.43. The van der Waals surface area contributed by atoms with Crippen molar-refractivity contribution in [3.8, 4) is 0 Å². The number of nitrogens with two attached hydrogens (primary N) is 1. The second kappa shape index (κ2) is 6.42. The number of nitrogens with one attached hydrogen (secondary N) is 1. The number of hydrogen-bond donors (Lipinski definition) is 2. The molecule has 2 amide bonds. The number of methoxy groups -OCH3 is 1. The Labute approximate surface area is 124 Å². The maximum Gasteiger partial charge on any atom is 0.321 e. The molecular formula is C13H19N3O4S. The summed E-state index contributed by atoms with van der Waals surface area (Å²) in [5.41, 5.74) is 0.520. The summed E-state index contributed by atoms with van der Waals surface area (Å²) < 4.78 is 27.6. The maximum atomic E-state index is 12.1. The molecule has 8 heteroatoms. The Kier molecular flexibility index (Phi) is 4.81. The fourth-order valence-corrected chi connectivity index (χ4v) is 2.76. The van der Waals surface area contributed by atoms with Gasteiger partial charge in [0.05, 0.1) is 11.0 Å². The first-order valence-electron chi connectivity index (χ1n) is 6.62. The molecule has 1 aliphatic heterocycles. The van der Waals surface area contributed by atoms with Gasteiger partial charge in [0, 0.05) is 25.9 Å². The molecule has 0 saturated carbocycles. The van der Waals surface area contributed by atoms with E-state index in [1.807, 2.05) is 0 Å². The third-order valence-corrected chi connectivity index (χ3v) is 4.36. The summed E-state index contributed by atoms with van der Waals surface area (Å²) in [6, 6.07) is 5.52. The highest BCUT2D eigenvalue weighted by atomic mass is 32.2. The molecule has 7 nitrogen and oxygen atoms in total. The van der Waals surface area contributed by atoms with Gasteiger partial charge >= 0.3 is 6.03 Å². The second-order valence-electron chi connectivity index (χ2n) is 4.95. The zero-order chi connectivity index (χ0) is 15.5. The monoisotopic (exact) mass is 313 g/mol. The Hall–Kier alpha value is -1.64. The zero-order valence-electron chi connectivity index (χ0n) is 11.8. The molecule has 1 saturated heterocycles. The van der Waals surface area contributed by atoms with Crippen LogP contribution in [-0.2, 0) is 14.8 Å². The van der Waals surface area contributed by atoms with Crippen LogP contribution in [0.1, 0.15) is 12.8 Å². The number of hydrogen-bond acceptors (Lipinski definition) is 4. The number of anilines is 1. The molecule has 116 valence electrons. The lowest BCUT2D eigenvalue weighted by Gasteiger charge is -2.31. The van der Waals surface area contributed by atoms with Crippen LogP contribution in [0.25, 0.3) is 0 Å². The Morgan fingerprint density at radius 1 is 1.38 bits per heavy atom. The number of benzene rings is 1. The first-order valence-corrected chi connectivity index (χ1v) is 8.16. The van der Waals surface area contributed by atoms with Gasteiger partial charge in [-0.25, -0.2) is 18.4 Å². The predicted molar refractivity (Wildman–Crippen MR) is 78.4 cm³/mol. The lowest BCUT2D eigenvalue weighted by Crippen LogP contribution is -2.44. The van der Waals surface area contributed by atoms with Crippen molar-refractivity contribution in [2.24, 2.45) is 5.14 Å². The maximum absolute atomic E-state index is 12.1. The molecule has 0 aromatic heterocycles. The van der Waals surface area contributed by atoms with E-state index in [9.17, 15) is 13.2 Å². The van der Waals surface area contributed by atoms with Gasteiger partial charge < -0.3 is 15.0 Å². The lowest BCUT2D eigenvalue weighted by atomic mass is 10.1. The van der Waals surface area contributed by atoms with Crippen LogP contribution in [0.2, 0.25) is 0 Å². The number of nitrogens with zero attached hydrogens (tertiary/aromatic N) is 1. The van der Waals surface area contributed by atoms with E-state index in [2.05, 4.69) is 5.32 Å². The molecular weight excluding hydrogens is 294 g/mol. The standard InChI is InChI=1S/C13H19N3O4S/c1-20-11-3-2-8-16(9-11)13(17)15-10-4-6-12(7-5-10)21(14,18)19/h4-7,11H,2-3,8-9H2,1H3,(H,15,17)(H2,14,18,19)/t11-/m1/s1. The highest BCUT2D eigenvalue weighted by Gasteiger charge is 2.23. The van der Waals surface area contributed by atoms with Crippen LogP contribution in [0.15, 0.2) is 29.2 Å². The highest BCUT2D eigenvalue weighted by molar-refractivity contribution is 7.89. The molecule has 1 heterocycles. The Morgan fingerprint density at radius 3 is 2.62 bits per heavy atom. The number of primary sulfonamides is 1. The van der Waals surface area contributed by atoms with Crippen LogP contribution in [0.3, 0.4) is 0 Å². The van der Waals surface area contributed by atoms with Crippen molar-refractivity contribution >= 4 is 21.7 Å². The highest BCUT2D eigenvalue weighted by Crippen LogP contribution is 2.16. The number of piperidine rings is 1. The van der Waals surface area contributed by atoms with Gasteiger partial charge in [0.15, 0.2) is 0 Å². The SMILES string of the molecule is CO[C@@H]1CCCN(C(=O)Nc2ccc(S(N)(=O)=O)cc2)C1. The minimum atomic E-state index is -3.72. The summed E-state index contributed by atoms with van der Waals surface area (Å²) in [7, 11) is -2.08. The van der Waals surface area contributed by atoms with Crippen LogP contribution in [-0.4, -0.2) is 45.7 Å². The molecule has 0 aliphatic carbocycles. The van der Waals surface area contributed by atoms with E-state index in [0.717, 1.165) is 12.8 Å². The first-order chi connectivity index (χ1) is 9.90. The van der Waals surface area contributed by atoms with Gasteiger partial charge in [0.1, 0.15) is 0 Å². The van der Waals surface area contributed by atoms with Gasteiger partial charge in [-0.2, -0.15) is 0 Å². The second-order valence-corrected chi connectivity index (χ2v) is 6.51. The molecule has 0 spiro atoms. The average Bonchev–Trinajstić information content (AvgIpc) is 2.47. The number of amides is 2. The summed E-state index contributed by atoms with van der Waals surface area (Å²) >= 11 is 0. The molecule has 1 aromatic rings. The third kappa shape index (κ3) is 4.16. The molecule has 1 aliphatic rings. The summed E-state index contributed by atoms with van der Waals surface area (Å²) in [4.78, 5) is 13.8. The first kappa shape index (κ1) is 15.7. The van der Waals surface area contributed by atoms with Crippen molar-refractivity contribution in [1.82, 2.24) is 4.90 Å². The topological polar surface area (TPSA) is 102 Å². The number of likely N-dealkylation sites (tertiary alicyclic amines) is 1. The number of carbonyl (C=O) groups excluding carboxylic acids is 1. The number of carbonyl (C=O) groups is 1. The van der Waals surface area contributed by atoms with Gasteiger partial charge in [0.2, 0.25) is 10.0 Å². The van der Waals surface area contributed by atoms with E-state index in [1.165, 1.54) is 24.3 Å². The van der Waals surface area contributed by atoms with Crippen LogP contribution in [0, 0.1) is 0 Å². The number of urea groups is 1. The molecule has 3 N–H and O–H groups in total. The van der Waals surface area contributed by atoms with E-state index in [4.69, 9.17) is 9.88 Å². The minimum absolute atomic E-state index is 0.0120. The quantitative estimate of drug-likeness (QED) is 0.868. The molecule has 21 heavy (non-hydrogen) atoms. The van der Waals surface area contributed by atoms with Crippen LogP contribution >= 0.6 is 0 Å². The Balaban J connectivity index is 1.99. The molecule has 0 radical (unpaired) electrons. The smallest absolute Gasteiger partial charge is 0.321 e. The van der Waals surface area contributed by atoms with Crippen molar-refractivity contribution in [1.29, 1.82) is 0 Å². The number of ether oxygens (including phenoxy) is 1. The van der Waals surface area contributed by atoms with Crippen LogP contribution in [0.4, 0.5) is 10.5 Å². The number of sulfonamides is 1. The van der Waals surface area contributed by atoms with Gasteiger partial charge in [-0.15, -0.1) is 0 Å². The summed E-state index contributed by atoms with van der Waals surface area (Å²) in [5, 5.41) is 7.75. The van der Waals surface area contributed by atoms with Gasteiger partial charge in [-0.3, -0.25) is 0 Å². The van der Waals surface area contributed by atoms with Gasteiger partial charge in [-0.05, 0) is 37.1 Å². The summed E-state index contributed by atoms with van der Waals surface area (Å²) in [6.45, 7) is 1.23. The summed E-state index contributed by atoms with van der Waals surface area (Å²) in [5.74, 6) is 0. The van der Waals surface area contributed by atoms with Gasteiger partial charge in [-0.1, -0.05) is 0 Å². The van der Waals surface area contributed by atoms with Crippen molar-refractivity contribution < 1.29 is 17.9 Å². The molecule has 1 aromatic carbocycles. The average molecular weight is 313 g/mol. The van der Waals surface area contributed by atoms with Crippen molar-refractivity contribution in [3.05, 3.63) is 24.3 Å². The van der Waals surface area contributed by atoms with E-state index in [1.54, 1.807) is 12.0 Å². The fraction of sp³-hybridized carbons (Fsp3) is 0.462. The zero-order valence-corrected chi connectivity index (χ0v) is 12.6. The van der Waals surface area contributed by atoms with Gasteiger partial charge in [0.25, 0.3) is 0 Å². The van der Waals surface area contributed by atoms with E-state index in [-0.39, 0.29) is 17.0 Å². The van der Waals surface area contributed by atoms with Crippen molar-refractivity contribution in [2.45, 2.75) is 23.8 Å². The van der Waals surface area contributed by atoms with Crippen molar-refractivity contribution in [2.75, 3.05) is 25.5 Å². The molecule has 0 bridgehead atoms.